The highest BCUT2D eigenvalue weighted by Crippen LogP contribution is 2.48. The standard InChI is InChI=1S/C17H23FN2O.ClH/c18-15-5-3-14(4-6-15)17(8-9-17)16(21)20-11-7-13-2-1-10-19-12-13;/h3-6,13,19H,1-2,7-12H2,(H,20,21);1H. The van der Waals surface area contributed by atoms with Gasteiger partial charge in [-0.2, -0.15) is 0 Å². The summed E-state index contributed by atoms with van der Waals surface area (Å²) in [6.07, 6.45) is 5.27. The maximum atomic E-state index is 13.0. The van der Waals surface area contributed by atoms with E-state index >= 15 is 0 Å². The molecule has 0 aromatic heterocycles. The number of hydrogen-bond acceptors (Lipinski definition) is 2. The number of rotatable bonds is 5. The predicted molar refractivity (Wildman–Crippen MR) is 87.8 cm³/mol. The van der Waals surface area contributed by atoms with Crippen molar-refractivity contribution >= 4 is 18.3 Å². The van der Waals surface area contributed by atoms with Crippen LogP contribution in [0.3, 0.4) is 0 Å². The molecule has 1 aromatic carbocycles. The normalized spacial score (nSPS) is 22.5. The Balaban J connectivity index is 0.00000176. The van der Waals surface area contributed by atoms with Gasteiger partial charge in [0.15, 0.2) is 0 Å². The van der Waals surface area contributed by atoms with Crippen molar-refractivity contribution in [1.29, 1.82) is 0 Å². The van der Waals surface area contributed by atoms with E-state index in [4.69, 9.17) is 0 Å². The lowest BCUT2D eigenvalue weighted by molar-refractivity contribution is -0.123. The van der Waals surface area contributed by atoms with Crippen molar-refractivity contribution in [2.75, 3.05) is 19.6 Å². The molecule has 1 aliphatic carbocycles. The Bertz CT molecular complexity index is 496. The zero-order valence-corrected chi connectivity index (χ0v) is 13.6. The number of amides is 1. The van der Waals surface area contributed by atoms with Crippen LogP contribution >= 0.6 is 12.4 Å². The smallest absolute Gasteiger partial charge is 0.230 e. The van der Waals surface area contributed by atoms with E-state index < -0.39 is 5.41 Å². The third-order valence-electron chi connectivity index (χ3n) is 4.82. The van der Waals surface area contributed by atoms with Crippen LogP contribution in [-0.4, -0.2) is 25.5 Å². The summed E-state index contributed by atoms with van der Waals surface area (Å²) in [5, 5.41) is 6.48. The summed E-state index contributed by atoms with van der Waals surface area (Å²) in [6.45, 7) is 2.93. The molecule has 0 spiro atoms. The number of carbonyl (C=O) groups is 1. The number of nitrogens with one attached hydrogen (secondary N) is 2. The first kappa shape index (κ1) is 17.2. The van der Waals surface area contributed by atoms with Gasteiger partial charge in [0.1, 0.15) is 5.82 Å². The number of benzene rings is 1. The van der Waals surface area contributed by atoms with E-state index in [2.05, 4.69) is 10.6 Å². The molecule has 1 atom stereocenters. The Kier molecular flexibility index (Phi) is 5.81. The van der Waals surface area contributed by atoms with Gasteiger partial charge in [-0.3, -0.25) is 4.79 Å². The molecule has 1 aliphatic heterocycles. The van der Waals surface area contributed by atoms with Crippen molar-refractivity contribution in [3.05, 3.63) is 35.6 Å². The lowest BCUT2D eigenvalue weighted by Crippen LogP contribution is -2.37. The Morgan fingerprint density at radius 1 is 1.32 bits per heavy atom. The van der Waals surface area contributed by atoms with Gasteiger partial charge < -0.3 is 10.6 Å². The molecule has 1 unspecified atom stereocenters. The molecule has 0 bridgehead atoms. The zero-order valence-electron chi connectivity index (χ0n) is 12.7. The molecular weight excluding hydrogens is 303 g/mol. The van der Waals surface area contributed by atoms with E-state index in [1.807, 2.05) is 0 Å². The summed E-state index contributed by atoms with van der Waals surface area (Å²) >= 11 is 0. The van der Waals surface area contributed by atoms with Crippen LogP contribution in [0.2, 0.25) is 0 Å². The molecule has 22 heavy (non-hydrogen) atoms. The van der Waals surface area contributed by atoms with Crippen molar-refractivity contribution in [2.24, 2.45) is 5.92 Å². The summed E-state index contributed by atoms with van der Waals surface area (Å²) in [6, 6.07) is 6.37. The molecule has 2 fully saturated rings. The monoisotopic (exact) mass is 326 g/mol. The minimum atomic E-state index is -0.390. The molecule has 0 radical (unpaired) electrons. The number of halogens is 2. The highest BCUT2D eigenvalue weighted by Gasteiger charge is 2.51. The molecule has 1 amide bonds. The second-order valence-electron chi connectivity index (χ2n) is 6.35. The van der Waals surface area contributed by atoms with Gasteiger partial charge in [0, 0.05) is 6.54 Å². The Morgan fingerprint density at radius 2 is 2.05 bits per heavy atom. The fourth-order valence-electron chi connectivity index (χ4n) is 3.27. The first-order valence-electron chi connectivity index (χ1n) is 7.96. The lowest BCUT2D eigenvalue weighted by atomic mass is 9.94. The Morgan fingerprint density at radius 3 is 2.64 bits per heavy atom. The maximum absolute atomic E-state index is 13.0. The van der Waals surface area contributed by atoms with Gasteiger partial charge in [0.2, 0.25) is 5.91 Å². The fraction of sp³-hybridized carbons (Fsp3) is 0.588. The average molecular weight is 327 g/mol. The van der Waals surface area contributed by atoms with Crippen molar-refractivity contribution in [2.45, 2.75) is 37.5 Å². The third kappa shape index (κ3) is 3.79. The first-order valence-corrected chi connectivity index (χ1v) is 7.96. The van der Waals surface area contributed by atoms with Crippen LogP contribution in [0.5, 0.6) is 0 Å². The van der Waals surface area contributed by atoms with Gasteiger partial charge in [-0.25, -0.2) is 4.39 Å². The molecule has 3 nitrogen and oxygen atoms in total. The van der Waals surface area contributed by atoms with E-state index in [1.165, 1.54) is 25.0 Å². The van der Waals surface area contributed by atoms with E-state index in [1.54, 1.807) is 12.1 Å². The average Bonchev–Trinajstić information content (AvgIpc) is 3.31. The van der Waals surface area contributed by atoms with Gasteiger partial charge in [-0.05, 0) is 68.8 Å². The van der Waals surface area contributed by atoms with Crippen molar-refractivity contribution in [1.82, 2.24) is 10.6 Å². The van der Waals surface area contributed by atoms with Crippen molar-refractivity contribution < 1.29 is 9.18 Å². The highest BCUT2D eigenvalue weighted by atomic mass is 35.5. The minimum Gasteiger partial charge on any atom is -0.355 e. The molecule has 2 N–H and O–H groups in total. The van der Waals surface area contributed by atoms with Crippen LogP contribution in [0, 0.1) is 11.7 Å². The topological polar surface area (TPSA) is 41.1 Å². The number of hydrogen-bond donors (Lipinski definition) is 2. The zero-order chi connectivity index (χ0) is 14.7. The van der Waals surface area contributed by atoms with E-state index in [0.29, 0.717) is 5.92 Å². The molecule has 5 heteroatoms. The molecule has 122 valence electrons. The van der Waals surface area contributed by atoms with E-state index in [0.717, 1.165) is 44.5 Å². The number of piperidine rings is 1. The molecule has 1 heterocycles. The van der Waals surface area contributed by atoms with Gasteiger partial charge in [0.05, 0.1) is 5.41 Å². The molecule has 1 saturated carbocycles. The summed E-state index contributed by atoms with van der Waals surface area (Å²) in [5.74, 6) is 0.539. The summed E-state index contributed by atoms with van der Waals surface area (Å²) in [5.41, 5.74) is 0.555. The molecular formula is C17H24ClFN2O. The largest absolute Gasteiger partial charge is 0.355 e. The quantitative estimate of drug-likeness (QED) is 0.873. The van der Waals surface area contributed by atoms with Gasteiger partial charge in [0.25, 0.3) is 0 Å². The second-order valence-corrected chi connectivity index (χ2v) is 6.35. The SMILES string of the molecule is Cl.O=C(NCCC1CCCNC1)C1(c2ccc(F)cc2)CC1. The molecule has 1 saturated heterocycles. The van der Waals surface area contributed by atoms with Gasteiger partial charge in [-0.15, -0.1) is 12.4 Å². The second kappa shape index (κ2) is 7.42. The van der Waals surface area contributed by atoms with Crippen LogP contribution in [0.4, 0.5) is 4.39 Å². The van der Waals surface area contributed by atoms with Crippen LogP contribution < -0.4 is 10.6 Å². The van der Waals surface area contributed by atoms with Gasteiger partial charge in [-0.1, -0.05) is 12.1 Å². The first-order chi connectivity index (χ1) is 10.2. The van der Waals surface area contributed by atoms with Gasteiger partial charge >= 0.3 is 0 Å². The third-order valence-corrected chi connectivity index (χ3v) is 4.82. The molecule has 1 aromatic rings. The van der Waals surface area contributed by atoms with Crippen molar-refractivity contribution in [3.63, 3.8) is 0 Å². The van der Waals surface area contributed by atoms with E-state index in [9.17, 15) is 9.18 Å². The van der Waals surface area contributed by atoms with Crippen LogP contribution in [-0.2, 0) is 10.2 Å². The predicted octanol–water partition coefficient (Wildman–Crippen LogP) is 2.79. The molecule has 3 rings (SSSR count). The van der Waals surface area contributed by atoms with Crippen molar-refractivity contribution in [3.8, 4) is 0 Å². The van der Waals surface area contributed by atoms with Crippen LogP contribution in [0.1, 0.15) is 37.7 Å². The maximum Gasteiger partial charge on any atom is 0.230 e. The van der Waals surface area contributed by atoms with Crippen LogP contribution in [0.15, 0.2) is 24.3 Å². The minimum absolute atomic E-state index is 0. The Labute approximate surface area is 137 Å². The number of carbonyl (C=O) groups excluding carboxylic acids is 1. The fourth-order valence-corrected chi connectivity index (χ4v) is 3.27. The van der Waals surface area contributed by atoms with E-state index in [-0.39, 0.29) is 24.1 Å². The molecule has 2 aliphatic rings. The highest BCUT2D eigenvalue weighted by molar-refractivity contribution is 5.91. The van der Waals surface area contributed by atoms with Crippen LogP contribution in [0.25, 0.3) is 0 Å². The lowest BCUT2D eigenvalue weighted by Gasteiger charge is -2.23. The summed E-state index contributed by atoms with van der Waals surface area (Å²) in [7, 11) is 0. The summed E-state index contributed by atoms with van der Waals surface area (Å²) < 4.78 is 13.0. The summed E-state index contributed by atoms with van der Waals surface area (Å²) in [4.78, 5) is 12.4. The Hall–Kier alpha value is -1.13.